The SMILES string of the molecule is CC(=O)Nc1ccc(NC(=O)[C@@]23CC[C@@](C)(C(=O)O2)C3(C)C)cc1. The monoisotopic (exact) mass is 330 g/mol. The first kappa shape index (κ1) is 16.5. The summed E-state index contributed by atoms with van der Waals surface area (Å²) >= 11 is 0. The molecule has 2 N–H and O–H groups in total. The smallest absolute Gasteiger partial charge is 0.313 e. The predicted molar refractivity (Wildman–Crippen MR) is 89.3 cm³/mol. The van der Waals surface area contributed by atoms with Crippen molar-refractivity contribution in [3.8, 4) is 0 Å². The van der Waals surface area contributed by atoms with E-state index in [1.807, 2.05) is 20.8 Å². The Morgan fingerprint density at radius 3 is 1.96 bits per heavy atom. The lowest BCUT2D eigenvalue weighted by atomic mass is 9.66. The van der Waals surface area contributed by atoms with E-state index in [4.69, 9.17) is 4.74 Å². The summed E-state index contributed by atoms with van der Waals surface area (Å²) in [7, 11) is 0. The van der Waals surface area contributed by atoms with E-state index >= 15 is 0 Å². The summed E-state index contributed by atoms with van der Waals surface area (Å²) in [5, 5.41) is 5.52. The highest BCUT2D eigenvalue weighted by molar-refractivity contribution is 6.03. The van der Waals surface area contributed by atoms with E-state index in [-0.39, 0.29) is 17.8 Å². The number of fused-ring (bicyclic) bond motifs is 2. The van der Waals surface area contributed by atoms with Crippen LogP contribution in [0.2, 0.25) is 0 Å². The fourth-order valence-electron chi connectivity index (χ4n) is 3.82. The van der Waals surface area contributed by atoms with Crippen LogP contribution in [0.15, 0.2) is 24.3 Å². The Hall–Kier alpha value is -2.37. The van der Waals surface area contributed by atoms with Gasteiger partial charge in [0.15, 0.2) is 5.60 Å². The third kappa shape index (κ3) is 2.05. The largest absolute Gasteiger partial charge is 0.448 e. The molecule has 1 saturated heterocycles. The molecule has 6 nitrogen and oxygen atoms in total. The lowest BCUT2D eigenvalue weighted by molar-refractivity contribution is -0.165. The standard InChI is InChI=1S/C18H22N2O4/c1-11(21)19-12-5-7-13(8-6-12)20-14(22)18-10-9-17(4,15(23)24-18)16(18,2)3/h5-8H,9-10H2,1-4H3,(H,19,21)(H,20,22)/t17-,18+/m0/s1. The molecule has 1 aliphatic carbocycles. The molecule has 0 unspecified atom stereocenters. The second-order valence-corrected chi connectivity index (χ2v) is 7.39. The summed E-state index contributed by atoms with van der Waals surface area (Å²) in [6.07, 6.45) is 1.17. The zero-order valence-corrected chi connectivity index (χ0v) is 14.4. The lowest BCUT2D eigenvalue weighted by Gasteiger charge is -2.35. The Labute approximate surface area is 140 Å². The van der Waals surface area contributed by atoms with Gasteiger partial charge in [-0.15, -0.1) is 0 Å². The number of benzene rings is 1. The molecule has 1 aromatic carbocycles. The third-order valence-corrected chi connectivity index (χ3v) is 5.91. The third-order valence-electron chi connectivity index (χ3n) is 5.91. The summed E-state index contributed by atoms with van der Waals surface area (Å²) in [5.41, 5.74) is -1.08. The summed E-state index contributed by atoms with van der Waals surface area (Å²) in [5.74, 6) is -0.750. The number of rotatable bonds is 3. The molecule has 0 spiro atoms. The van der Waals surface area contributed by atoms with Gasteiger partial charge in [-0.2, -0.15) is 0 Å². The van der Waals surface area contributed by atoms with Crippen LogP contribution in [0, 0.1) is 10.8 Å². The summed E-state index contributed by atoms with van der Waals surface area (Å²) in [6.45, 7) is 7.15. The first-order valence-electron chi connectivity index (χ1n) is 8.05. The number of nitrogens with one attached hydrogen (secondary N) is 2. The van der Waals surface area contributed by atoms with Crippen molar-refractivity contribution in [3.05, 3.63) is 24.3 Å². The molecule has 2 aliphatic rings. The van der Waals surface area contributed by atoms with Crippen LogP contribution >= 0.6 is 0 Å². The fourth-order valence-corrected chi connectivity index (χ4v) is 3.82. The van der Waals surface area contributed by atoms with Crippen molar-refractivity contribution >= 4 is 29.2 Å². The van der Waals surface area contributed by atoms with Crippen molar-refractivity contribution in [1.29, 1.82) is 0 Å². The zero-order chi connectivity index (χ0) is 17.8. The summed E-state index contributed by atoms with van der Waals surface area (Å²) < 4.78 is 5.57. The molecule has 1 aliphatic heterocycles. The lowest BCUT2D eigenvalue weighted by Crippen LogP contribution is -2.50. The molecule has 1 aromatic rings. The second-order valence-electron chi connectivity index (χ2n) is 7.39. The molecular weight excluding hydrogens is 308 g/mol. The topological polar surface area (TPSA) is 84.5 Å². The maximum atomic E-state index is 12.9. The second kappa shape index (κ2) is 5.06. The highest BCUT2D eigenvalue weighted by Gasteiger charge is 2.75. The zero-order valence-electron chi connectivity index (χ0n) is 14.4. The van der Waals surface area contributed by atoms with Crippen LogP contribution in [0.25, 0.3) is 0 Å². The van der Waals surface area contributed by atoms with Gasteiger partial charge in [-0.05, 0) is 44.0 Å². The molecule has 0 radical (unpaired) electrons. The number of hydrogen-bond donors (Lipinski definition) is 2. The van der Waals surface area contributed by atoms with Crippen molar-refractivity contribution in [2.24, 2.45) is 10.8 Å². The van der Waals surface area contributed by atoms with Gasteiger partial charge in [0.1, 0.15) is 0 Å². The molecule has 2 fully saturated rings. The van der Waals surface area contributed by atoms with Crippen molar-refractivity contribution in [1.82, 2.24) is 0 Å². The van der Waals surface area contributed by atoms with Gasteiger partial charge in [0.05, 0.1) is 5.41 Å². The molecule has 6 heteroatoms. The van der Waals surface area contributed by atoms with E-state index in [2.05, 4.69) is 10.6 Å². The molecule has 3 rings (SSSR count). The minimum absolute atomic E-state index is 0.157. The van der Waals surface area contributed by atoms with Gasteiger partial charge in [0.25, 0.3) is 5.91 Å². The Balaban J connectivity index is 1.81. The van der Waals surface area contributed by atoms with Crippen LogP contribution in [0.3, 0.4) is 0 Å². The number of ether oxygens (including phenoxy) is 1. The van der Waals surface area contributed by atoms with Gasteiger partial charge in [0.2, 0.25) is 5.91 Å². The van der Waals surface area contributed by atoms with E-state index in [0.29, 0.717) is 24.2 Å². The Morgan fingerprint density at radius 1 is 1.00 bits per heavy atom. The highest BCUT2D eigenvalue weighted by Crippen LogP contribution is 2.65. The molecule has 2 atom stereocenters. The molecule has 2 bridgehead atoms. The van der Waals surface area contributed by atoms with Gasteiger partial charge in [-0.1, -0.05) is 13.8 Å². The Morgan fingerprint density at radius 2 is 1.54 bits per heavy atom. The average Bonchev–Trinajstić information content (AvgIpc) is 2.79. The molecular formula is C18H22N2O4. The minimum atomic E-state index is -1.13. The van der Waals surface area contributed by atoms with Gasteiger partial charge in [0, 0.05) is 23.7 Å². The van der Waals surface area contributed by atoms with Crippen molar-refractivity contribution < 1.29 is 19.1 Å². The number of carbonyl (C=O) groups is 3. The van der Waals surface area contributed by atoms with Gasteiger partial charge < -0.3 is 15.4 Å². The maximum Gasteiger partial charge on any atom is 0.313 e. The molecule has 24 heavy (non-hydrogen) atoms. The number of esters is 1. The van der Waals surface area contributed by atoms with E-state index in [1.165, 1.54) is 6.92 Å². The quantitative estimate of drug-likeness (QED) is 0.835. The molecule has 2 amide bonds. The van der Waals surface area contributed by atoms with Crippen LogP contribution in [0.4, 0.5) is 11.4 Å². The van der Waals surface area contributed by atoms with Crippen LogP contribution in [-0.2, 0) is 19.1 Å². The van der Waals surface area contributed by atoms with Crippen LogP contribution in [0.1, 0.15) is 40.5 Å². The van der Waals surface area contributed by atoms with Crippen LogP contribution in [-0.4, -0.2) is 23.4 Å². The molecule has 0 aromatic heterocycles. The number of amides is 2. The van der Waals surface area contributed by atoms with Crippen molar-refractivity contribution in [2.45, 2.75) is 46.1 Å². The maximum absolute atomic E-state index is 12.9. The first-order valence-corrected chi connectivity index (χ1v) is 8.05. The minimum Gasteiger partial charge on any atom is -0.448 e. The van der Waals surface area contributed by atoms with Crippen molar-refractivity contribution in [3.63, 3.8) is 0 Å². The summed E-state index contributed by atoms with van der Waals surface area (Å²) in [6, 6.07) is 6.83. The van der Waals surface area contributed by atoms with Crippen LogP contribution in [0.5, 0.6) is 0 Å². The summed E-state index contributed by atoms with van der Waals surface area (Å²) in [4.78, 5) is 36.2. The van der Waals surface area contributed by atoms with Gasteiger partial charge in [-0.3, -0.25) is 14.4 Å². The fraction of sp³-hybridized carbons (Fsp3) is 0.500. The number of hydrogen-bond acceptors (Lipinski definition) is 4. The van der Waals surface area contributed by atoms with Crippen LogP contribution < -0.4 is 10.6 Å². The van der Waals surface area contributed by atoms with E-state index < -0.39 is 16.4 Å². The van der Waals surface area contributed by atoms with Gasteiger partial charge in [-0.25, -0.2) is 0 Å². The first-order chi connectivity index (χ1) is 11.1. The Bertz CT molecular complexity index is 725. The van der Waals surface area contributed by atoms with E-state index in [0.717, 1.165) is 0 Å². The molecule has 1 saturated carbocycles. The molecule has 128 valence electrons. The number of anilines is 2. The van der Waals surface area contributed by atoms with Gasteiger partial charge >= 0.3 is 5.97 Å². The van der Waals surface area contributed by atoms with Crippen molar-refractivity contribution in [2.75, 3.05) is 10.6 Å². The number of carbonyl (C=O) groups excluding carboxylic acids is 3. The molecule has 1 heterocycles. The normalized spacial score (nSPS) is 29.9. The average molecular weight is 330 g/mol. The Kier molecular flexibility index (Phi) is 3.48. The van der Waals surface area contributed by atoms with E-state index in [1.54, 1.807) is 24.3 Å². The van der Waals surface area contributed by atoms with E-state index in [9.17, 15) is 14.4 Å². The highest BCUT2D eigenvalue weighted by atomic mass is 16.6. The predicted octanol–water partition coefficient (Wildman–Crippen LogP) is 2.71.